The standard InChI is InChI=1S/C19H20N2O5S/c1-11-3-4-13-14(9-11)27-17(16(13)19(24)25-2)21-15(22)10-26-18(23)12-5-7-20-8-6-12/h5-8,11H,3-4,9-10H2,1-2H3,(H,21,22)/t11-/m0/s1. The Balaban J connectivity index is 1.70. The van der Waals surface area contributed by atoms with E-state index in [1.165, 1.54) is 43.0 Å². The van der Waals surface area contributed by atoms with Crippen LogP contribution in [0.3, 0.4) is 0 Å². The molecule has 27 heavy (non-hydrogen) atoms. The van der Waals surface area contributed by atoms with Crippen LogP contribution in [0.15, 0.2) is 24.5 Å². The first-order chi connectivity index (χ1) is 13.0. The van der Waals surface area contributed by atoms with E-state index in [4.69, 9.17) is 9.47 Å². The third-order valence-corrected chi connectivity index (χ3v) is 5.57. The van der Waals surface area contributed by atoms with Crippen molar-refractivity contribution < 1.29 is 23.9 Å². The lowest BCUT2D eigenvalue weighted by atomic mass is 9.88. The minimum Gasteiger partial charge on any atom is -0.465 e. The predicted octanol–water partition coefficient (Wildman–Crippen LogP) is 2.85. The van der Waals surface area contributed by atoms with Crippen molar-refractivity contribution in [3.8, 4) is 0 Å². The van der Waals surface area contributed by atoms with Gasteiger partial charge in [-0.15, -0.1) is 11.3 Å². The van der Waals surface area contributed by atoms with Crippen molar-refractivity contribution in [3.05, 3.63) is 46.1 Å². The van der Waals surface area contributed by atoms with Gasteiger partial charge in [-0.05, 0) is 42.9 Å². The van der Waals surface area contributed by atoms with Crippen molar-refractivity contribution in [2.45, 2.75) is 26.2 Å². The molecule has 2 aromatic heterocycles. The Morgan fingerprint density at radius 2 is 2.00 bits per heavy atom. The normalized spacial score (nSPS) is 15.6. The predicted molar refractivity (Wildman–Crippen MR) is 100.0 cm³/mol. The van der Waals surface area contributed by atoms with E-state index in [0.29, 0.717) is 22.0 Å². The van der Waals surface area contributed by atoms with Crippen molar-refractivity contribution >= 4 is 34.2 Å². The number of thiophene rings is 1. The second-order valence-corrected chi connectivity index (χ2v) is 7.51. The van der Waals surface area contributed by atoms with E-state index < -0.39 is 24.5 Å². The maximum atomic E-state index is 12.2. The molecule has 0 unspecified atom stereocenters. The topological polar surface area (TPSA) is 94.6 Å². The van der Waals surface area contributed by atoms with Gasteiger partial charge in [-0.25, -0.2) is 9.59 Å². The maximum absolute atomic E-state index is 12.2. The summed E-state index contributed by atoms with van der Waals surface area (Å²) in [4.78, 5) is 41.3. The van der Waals surface area contributed by atoms with E-state index in [0.717, 1.165) is 29.7 Å². The average Bonchev–Trinajstić information content (AvgIpc) is 3.02. The number of amides is 1. The zero-order valence-electron chi connectivity index (χ0n) is 15.1. The zero-order chi connectivity index (χ0) is 19.4. The molecule has 3 rings (SSSR count). The average molecular weight is 388 g/mol. The molecule has 1 aliphatic carbocycles. The Morgan fingerprint density at radius 1 is 1.26 bits per heavy atom. The van der Waals surface area contributed by atoms with Crippen LogP contribution in [0.2, 0.25) is 0 Å². The smallest absolute Gasteiger partial charge is 0.341 e. The van der Waals surface area contributed by atoms with Crippen LogP contribution >= 0.6 is 11.3 Å². The van der Waals surface area contributed by atoms with E-state index in [9.17, 15) is 14.4 Å². The number of rotatable bonds is 5. The minimum atomic E-state index is -0.611. The molecule has 1 atom stereocenters. The van der Waals surface area contributed by atoms with Crippen LogP contribution in [0.1, 0.15) is 44.5 Å². The molecule has 0 bridgehead atoms. The Bertz CT molecular complexity index is 862. The number of anilines is 1. The number of hydrogen-bond donors (Lipinski definition) is 1. The Labute approximate surface area is 160 Å². The molecule has 7 nitrogen and oxygen atoms in total. The van der Waals surface area contributed by atoms with Crippen LogP contribution in [-0.4, -0.2) is 36.5 Å². The van der Waals surface area contributed by atoms with E-state index in [2.05, 4.69) is 17.2 Å². The van der Waals surface area contributed by atoms with Gasteiger partial charge in [0.05, 0.1) is 18.2 Å². The summed E-state index contributed by atoms with van der Waals surface area (Å²) in [5, 5.41) is 3.14. The number of nitrogens with zero attached hydrogens (tertiary/aromatic N) is 1. The fourth-order valence-electron chi connectivity index (χ4n) is 3.02. The highest BCUT2D eigenvalue weighted by atomic mass is 32.1. The minimum absolute atomic E-state index is 0.314. The molecular formula is C19H20N2O5S. The summed E-state index contributed by atoms with van der Waals surface area (Å²) in [6.45, 7) is 1.72. The second kappa shape index (κ2) is 8.30. The molecule has 0 spiro atoms. The summed E-state index contributed by atoms with van der Waals surface area (Å²) in [5.74, 6) is -1.05. The van der Waals surface area contributed by atoms with Gasteiger partial charge in [0.2, 0.25) is 0 Å². The summed E-state index contributed by atoms with van der Waals surface area (Å²) in [6, 6.07) is 3.01. The van der Waals surface area contributed by atoms with Crippen LogP contribution in [0.4, 0.5) is 5.00 Å². The third-order valence-electron chi connectivity index (χ3n) is 4.40. The lowest BCUT2D eigenvalue weighted by Crippen LogP contribution is -2.22. The second-order valence-electron chi connectivity index (χ2n) is 6.41. The van der Waals surface area contributed by atoms with Gasteiger partial charge in [-0.1, -0.05) is 6.92 Å². The van der Waals surface area contributed by atoms with Crippen molar-refractivity contribution in [1.29, 1.82) is 0 Å². The first-order valence-electron chi connectivity index (χ1n) is 8.59. The number of ether oxygens (including phenoxy) is 2. The fraction of sp³-hybridized carbons (Fsp3) is 0.368. The largest absolute Gasteiger partial charge is 0.465 e. The number of esters is 2. The summed E-state index contributed by atoms with van der Waals surface area (Å²) in [5.41, 5.74) is 1.68. The molecule has 0 saturated heterocycles. The van der Waals surface area contributed by atoms with Crippen molar-refractivity contribution in [2.24, 2.45) is 5.92 Å². The lowest BCUT2D eigenvalue weighted by Gasteiger charge is -2.18. The molecule has 0 radical (unpaired) electrons. The highest BCUT2D eigenvalue weighted by Crippen LogP contribution is 2.39. The molecule has 0 fully saturated rings. The Hall–Kier alpha value is -2.74. The highest BCUT2D eigenvalue weighted by molar-refractivity contribution is 7.17. The van der Waals surface area contributed by atoms with Crippen molar-refractivity contribution in [1.82, 2.24) is 4.98 Å². The van der Waals surface area contributed by atoms with E-state index in [-0.39, 0.29) is 0 Å². The van der Waals surface area contributed by atoms with Crippen LogP contribution in [0, 0.1) is 5.92 Å². The van der Waals surface area contributed by atoms with Gasteiger partial charge in [0, 0.05) is 17.3 Å². The fourth-order valence-corrected chi connectivity index (χ4v) is 4.44. The van der Waals surface area contributed by atoms with E-state index in [1.807, 2.05) is 0 Å². The number of nitrogens with one attached hydrogen (secondary N) is 1. The molecule has 0 saturated carbocycles. The molecule has 0 aromatic carbocycles. The molecule has 142 valence electrons. The zero-order valence-corrected chi connectivity index (χ0v) is 15.9. The van der Waals surface area contributed by atoms with Gasteiger partial charge in [-0.3, -0.25) is 9.78 Å². The Morgan fingerprint density at radius 3 is 2.70 bits per heavy atom. The number of methoxy groups -OCH3 is 1. The first kappa shape index (κ1) is 19.0. The van der Waals surface area contributed by atoms with Gasteiger partial charge in [-0.2, -0.15) is 0 Å². The summed E-state index contributed by atoms with van der Waals surface area (Å²) in [7, 11) is 1.32. The van der Waals surface area contributed by atoms with E-state index >= 15 is 0 Å². The van der Waals surface area contributed by atoms with Crippen molar-refractivity contribution in [3.63, 3.8) is 0 Å². The number of aromatic nitrogens is 1. The van der Waals surface area contributed by atoms with Crippen LogP contribution in [0.25, 0.3) is 0 Å². The summed E-state index contributed by atoms with van der Waals surface area (Å²) >= 11 is 1.39. The van der Waals surface area contributed by atoms with Gasteiger partial charge in [0.15, 0.2) is 6.61 Å². The summed E-state index contributed by atoms with van der Waals surface area (Å²) in [6.07, 6.45) is 5.58. The molecule has 2 aromatic rings. The molecular weight excluding hydrogens is 368 g/mol. The number of hydrogen-bond acceptors (Lipinski definition) is 7. The van der Waals surface area contributed by atoms with Gasteiger partial charge < -0.3 is 14.8 Å². The van der Waals surface area contributed by atoms with Gasteiger partial charge >= 0.3 is 11.9 Å². The van der Waals surface area contributed by atoms with Gasteiger partial charge in [0.1, 0.15) is 5.00 Å². The molecule has 1 aliphatic rings. The molecule has 0 aliphatic heterocycles. The maximum Gasteiger partial charge on any atom is 0.341 e. The number of carbonyl (C=O) groups excluding carboxylic acids is 3. The van der Waals surface area contributed by atoms with Gasteiger partial charge in [0.25, 0.3) is 5.91 Å². The third kappa shape index (κ3) is 4.33. The highest BCUT2D eigenvalue weighted by Gasteiger charge is 2.29. The van der Waals surface area contributed by atoms with Crippen LogP contribution < -0.4 is 5.32 Å². The monoisotopic (exact) mass is 388 g/mol. The van der Waals surface area contributed by atoms with Crippen LogP contribution in [0.5, 0.6) is 0 Å². The summed E-state index contributed by atoms with van der Waals surface area (Å²) < 4.78 is 9.91. The molecule has 1 amide bonds. The van der Waals surface area contributed by atoms with Crippen LogP contribution in [-0.2, 0) is 27.1 Å². The SMILES string of the molecule is COC(=O)c1c(NC(=O)COC(=O)c2ccncc2)sc2c1CC[C@H](C)C2. The number of pyridine rings is 1. The molecule has 8 heteroatoms. The lowest BCUT2D eigenvalue weighted by molar-refractivity contribution is -0.119. The molecule has 1 N–H and O–H groups in total. The van der Waals surface area contributed by atoms with E-state index in [1.54, 1.807) is 0 Å². The first-order valence-corrected chi connectivity index (χ1v) is 9.41. The van der Waals surface area contributed by atoms with Crippen molar-refractivity contribution in [2.75, 3.05) is 19.0 Å². The quantitative estimate of drug-likeness (QED) is 0.792. The number of fused-ring (bicyclic) bond motifs is 1. The molecule has 2 heterocycles. The Kier molecular flexibility index (Phi) is 5.85. The number of carbonyl (C=O) groups is 3.